The number of nitrogen functional groups attached to an aromatic ring is 1. The molecule has 0 saturated carbocycles. The van der Waals surface area contributed by atoms with E-state index in [-0.39, 0.29) is 35.3 Å². The van der Waals surface area contributed by atoms with Gasteiger partial charge in [-0.3, -0.25) is 9.59 Å². The number of aromatic nitrogens is 2. The van der Waals surface area contributed by atoms with Gasteiger partial charge < -0.3 is 16.3 Å². The number of hydrogen-bond acceptors (Lipinski definition) is 6. The van der Waals surface area contributed by atoms with Crippen molar-refractivity contribution < 1.29 is 18.8 Å². The zero-order chi connectivity index (χ0) is 26.8. The number of nitrogens with two attached hydrogens (primary N) is 1. The van der Waals surface area contributed by atoms with Gasteiger partial charge in [-0.05, 0) is 65.6 Å². The van der Waals surface area contributed by atoms with E-state index in [9.17, 15) is 23.6 Å². The van der Waals surface area contributed by atoms with Crippen LogP contribution in [0.3, 0.4) is 0 Å². The van der Waals surface area contributed by atoms with E-state index in [0.29, 0.717) is 21.5 Å². The van der Waals surface area contributed by atoms with Gasteiger partial charge in [-0.1, -0.05) is 30.3 Å². The first kappa shape index (κ1) is 24.6. The molecule has 0 atom stereocenters. The number of halogens is 2. The number of fused-ring (bicyclic) bond motifs is 1. The number of anilines is 3. The van der Waals surface area contributed by atoms with Crippen molar-refractivity contribution in [1.29, 1.82) is 0 Å². The summed E-state index contributed by atoms with van der Waals surface area (Å²) in [6.45, 7) is 0. The Morgan fingerprint density at radius 2 is 1.66 bits per heavy atom. The molecule has 5 aromatic rings. The normalized spacial score (nSPS) is 11.0. The summed E-state index contributed by atoms with van der Waals surface area (Å²) in [5.41, 5.74) is 7.95. The zero-order valence-corrected chi connectivity index (χ0v) is 20.0. The third-order valence-corrected chi connectivity index (χ3v) is 6.23. The molecule has 0 saturated heterocycles. The standard InChI is InChI=1S/C29H22F2N4O3/c30-20-9-3-19(24(31)16-20)8-14-25(36)26-27(23-2-1-15-33-28(23)35(38)29(26)37)34-22-12-6-18(7-13-22)17-4-10-21(32)11-5-17/h1-7,9-13,15-16,34,38H,8,14,32H2. The van der Waals surface area contributed by atoms with Crippen LogP contribution in [0.25, 0.3) is 22.2 Å². The van der Waals surface area contributed by atoms with Crippen LogP contribution >= 0.6 is 0 Å². The largest absolute Gasteiger partial charge is 0.423 e. The van der Waals surface area contributed by atoms with E-state index < -0.39 is 23.0 Å². The van der Waals surface area contributed by atoms with E-state index in [1.54, 1.807) is 36.4 Å². The number of benzene rings is 3. The van der Waals surface area contributed by atoms with Crippen molar-refractivity contribution in [2.24, 2.45) is 0 Å². The molecule has 9 heteroatoms. The summed E-state index contributed by atoms with van der Waals surface area (Å²) in [7, 11) is 0. The van der Waals surface area contributed by atoms with Gasteiger partial charge in [0.15, 0.2) is 11.4 Å². The molecule has 2 heterocycles. The molecule has 0 radical (unpaired) electrons. The van der Waals surface area contributed by atoms with E-state index in [2.05, 4.69) is 10.3 Å². The average Bonchev–Trinajstić information content (AvgIpc) is 2.92. The number of ketones is 1. The van der Waals surface area contributed by atoms with Gasteiger partial charge in [0.05, 0.1) is 5.69 Å². The predicted molar refractivity (Wildman–Crippen MR) is 142 cm³/mol. The van der Waals surface area contributed by atoms with Crippen molar-refractivity contribution in [3.63, 3.8) is 0 Å². The van der Waals surface area contributed by atoms with Gasteiger partial charge in [-0.15, -0.1) is 4.73 Å². The highest BCUT2D eigenvalue weighted by Gasteiger charge is 2.23. The van der Waals surface area contributed by atoms with Gasteiger partial charge in [-0.25, -0.2) is 13.8 Å². The molecule has 5 rings (SSSR count). The van der Waals surface area contributed by atoms with Crippen LogP contribution in [0, 0.1) is 11.6 Å². The summed E-state index contributed by atoms with van der Waals surface area (Å²) in [5.74, 6) is -2.12. The highest BCUT2D eigenvalue weighted by Crippen LogP contribution is 2.30. The smallest absolute Gasteiger partial charge is 0.297 e. The molecule has 0 aliphatic carbocycles. The molecular weight excluding hydrogens is 490 g/mol. The number of Topliss-reactive ketones (excluding diaryl/α,β-unsaturated/α-hetero) is 1. The van der Waals surface area contributed by atoms with E-state index in [1.165, 1.54) is 12.3 Å². The molecule has 0 bridgehead atoms. The topological polar surface area (TPSA) is 110 Å². The van der Waals surface area contributed by atoms with Crippen molar-refractivity contribution in [1.82, 2.24) is 9.71 Å². The molecule has 0 aliphatic heterocycles. The average molecular weight is 513 g/mol. The lowest BCUT2D eigenvalue weighted by Gasteiger charge is -2.16. The van der Waals surface area contributed by atoms with E-state index in [4.69, 9.17) is 5.73 Å². The van der Waals surface area contributed by atoms with Crippen LogP contribution in [-0.4, -0.2) is 20.7 Å². The van der Waals surface area contributed by atoms with Crippen molar-refractivity contribution in [2.75, 3.05) is 11.1 Å². The molecule has 3 aromatic carbocycles. The maximum atomic E-state index is 14.1. The number of hydrogen-bond donors (Lipinski definition) is 3. The van der Waals surface area contributed by atoms with Crippen molar-refractivity contribution in [3.8, 4) is 11.1 Å². The summed E-state index contributed by atoms with van der Waals surface area (Å²) in [5, 5.41) is 14.0. The minimum atomic E-state index is -0.957. The van der Waals surface area contributed by atoms with Crippen LogP contribution in [0.2, 0.25) is 0 Å². The molecule has 2 aromatic heterocycles. The van der Waals surface area contributed by atoms with E-state index in [0.717, 1.165) is 23.3 Å². The van der Waals surface area contributed by atoms with Crippen LogP contribution in [-0.2, 0) is 6.42 Å². The lowest BCUT2D eigenvalue weighted by atomic mass is 10.00. The Hall–Kier alpha value is -5.05. The molecule has 0 spiro atoms. The molecule has 0 fully saturated rings. The van der Waals surface area contributed by atoms with Gasteiger partial charge in [0.1, 0.15) is 17.2 Å². The zero-order valence-electron chi connectivity index (χ0n) is 20.0. The fourth-order valence-corrected chi connectivity index (χ4v) is 4.26. The van der Waals surface area contributed by atoms with Gasteiger partial charge in [0.25, 0.3) is 5.56 Å². The molecule has 0 unspecified atom stereocenters. The highest BCUT2D eigenvalue weighted by atomic mass is 19.1. The van der Waals surface area contributed by atoms with Crippen molar-refractivity contribution in [2.45, 2.75) is 12.8 Å². The quantitative estimate of drug-likeness (QED) is 0.146. The fraction of sp³-hybridized carbons (Fsp3) is 0.0690. The number of aryl methyl sites for hydroxylation is 1. The highest BCUT2D eigenvalue weighted by molar-refractivity contribution is 6.08. The van der Waals surface area contributed by atoms with E-state index >= 15 is 0 Å². The maximum Gasteiger partial charge on any atom is 0.297 e. The third-order valence-electron chi connectivity index (χ3n) is 6.23. The Morgan fingerprint density at radius 1 is 0.974 bits per heavy atom. The molecule has 4 N–H and O–H groups in total. The lowest BCUT2D eigenvalue weighted by Crippen LogP contribution is -2.27. The Labute approximate surface area is 215 Å². The van der Waals surface area contributed by atoms with Gasteiger partial charge in [0.2, 0.25) is 0 Å². The number of nitrogens with one attached hydrogen (secondary N) is 1. The number of nitrogens with zero attached hydrogens (tertiary/aromatic N) is 2. The Kier molecular flexibility index (Phi) is 6.57. The fourth-order valence-electron chi connectivity index (χ4n) is 4.26. The number of rotatable bonds is 7. The Balaban J connectivity index is 1.51. The van der Waals surface area contributed by atoms with Crippen LogP contribution < -0.4 is 16.6 Å². The minimum Gasteiger partial charge on any atom is -0.423 e. The molecule has 190 valence electrons. The first-order chi connectivity index (χ1) is 18.3. The minimum absolute atomic E-state index is 0.0281. The van der Waals surface area contributed by atoms with Gasteiger partial charge >= 0.3 is 0 Å². The monoisotopic (exact) mass is 512 g/mol. The molecule has 0 aliphatic rings. The van der Waals surface area contributed by atoms with Crippen molar-refractivity contribution >= 4 is 33.9 Å². The third kappa shape index (κ3) is 4.81. The maximum absolute atomic E-state index is 14.1. The lowest BCUT2D eigenvalue weighted by molar-refractivity contribution is 0.0976. The first-order valence-electron chi connectivity index (χ1n) is 11.7. The first-order valence-corrected chi connectivity index (χ1v) is 11.7. The second-order valence-electron chi connectivity index (χ2n) is 8.72. The van der Waals surface area contributed by atoms with Gasteiger partial charge in [-0.2, -0.15) is 0 Å². The molecular formula is C29H22F2N4O3. The molecule has 0 amide bonds. The summed E-state index contributed by atoms with van der Waals surface area (Å²) in [6.07, 6.45) is 1.11. The van der Waals surface area contributed by atoms with Gasteiger partial charge in [0, 0.05) is 35.4 Å². The van der Waals surface area contributed by atoms with E-state index in [1.807, 2.05) is 24.3 Å². The second-order valence-corrected chi connectivity index (χ2v) is 8.72. The summed E-state index contributed by atoms with van der Waals surface area (Å²) in [6, 6.07) is 21.1. The number of pyridine rings is 2. The Bertz CT molecular complexity index is 1720. The SMILES string of the molecule is Nc1ccc(-c2ccc(Nc3c(C(=O)CCc4ccc(F)cc4F)c(=O)n(O)c4ncccc34)cc2)cc1. The number of carbonyl (C=O) groups excluding carboxylic acids is 1. The summed E-state index contributed by atoms with van der Waals surface area (Å²) in [4.78, 5) is 30.5. The number of carbonyl (C=O) groups is 1. The molecule has 7 nitrogen and oxygen atoms in total. The molecule has 38 heavy (non-hydrogen) atoms. The van der Waals surface area contributed by atoms with Crippen LogP contribution in [0.4, 0.5) is 25.8 Å². The van der Waals surface area contributed by atoms with Crippen LogP contribution in [0.15, 0.2) is 89.9 Å². The predicted octanol–water partition coefficient (Wildman–Crippen LogP) is 5.72. The summed E-state index contributed by atoms with van der Waals surface area (Å²) < 4.78 is 27.7. The summed E-state index contributed by atoms with van der Waals surface area (Å²) >= 11 is 0. The van der Waals surface area contributed by atoms with Crippen LogP contribution in [0.5, 0.6) is 0 Å². The Morgan fingerprint density at radius 3 is 2.34 bits per heavy atom. The van der Waals surface area contributed by atoms with Crippen LogP contribution in [0.1, 0.15) is 22.3 Å². The second kappa shape index (κ2) is 10.1. The van der Waals surface area contributed by atoms with Crippen molar-refractivity contribution in [3.05, 3.63) is 118 Å².